The van der Waals surface area contributed by atoms with Crippen LogP contribution in [0, 0.1) is 11.8 Å². The lowest BCUT2D eigenvalue weighted by atomic mass is 9.81. The summed E-state index contributed by atoms with van der Waals surface area (Å²) < 4.78 is 0. The highest BCUT2D eigenvalue weighted by molar-refractivity contribution is 7.80. The molecule has 88 valence electrons. The third kappa shape index (κ3) is 2.71. The van der Waals surface area contributed by atoms with Crippen LogP contribution in [0.1, 0.15) is 45.4 Å². The maximum atomic E-state index is 4.55. The highest BCUT2D eigenvalue weighted by Crippen LogP contribution is 2.33. The number of likely N-dealkylation sites (tertiary alicyclic amines) is 1. The normalized spacial score (nSPS) is 34.0. The Morgan fingerprint density at radius 1 is 1.20 bits per heavy atom. The molecule has 1 heterocycles. The number of hydrogen-bond acceptors (Lipinski definition) is 2. The van der Waals surface area contributed by atoms with Crippen LogP contribution in [0.5, 0.6) is 0 Å². The van der Waals surface area contributed by atoms with Gasteiger partial charge < -0.3 is 4.90 Å². The van der Waals surface area contributed by atoms with Crippen molar-refractivity contribution < 1.29 is 0 Å². The molecular formula is C13H25NS. The lowest BCUT2D eigenvalue weighted by molar-refractivity contribution is 0.0521. The zero-order valence-electron chi connectivity index (χ0n) is 9.99. The van der Waals surface area contributed by atoms with E-state index in [2.05, 4.69) is 24.5 Å². The summed E-state index contributed by atoms with van der Waals surface area (Å²) in [5, 5.41) is 0. The Morgan fingerprint density at radius 3 is 2.53 bits per heavy atom. The molecule has 1 saturated heterocycles. The molecule has 0 spiro atoms. The molecule has 0 radical (unpaired) electrons. The van der Waals surface area contributed by atoms with Gasteiger partial charge in [-0.15, -0.1) is 0 Å². The Balaban J connectivity index is 1.84. The monoisotopic (exact) mass is 227 g/mol. The predicted molar refractivity (Wildman–Crippen MR) is 69.6 cm³/mol. The van der Waals surface area contributed by atoms with Crippen LogP contribution in [0.3, 0.4) is 0 Å². The fourth-order valence-corrected chi connectivity index (χ4v) is 3.56. The van der Waals surface area contributed by atoms with Gasteiger partial charge in [-0.05, 0) is 43.4 Å². The van der Waals surface area contributed by atoms with Crippen molar-refractivity contribution in [3.63, 3.8) is 0 Å². The first-order valence-electron chi connectivity index (χ1n) is 6.70. The van der Waals surface area contributed by atoms with Crippen LogP contribution in [0.2, 0.25) is 0 Å². The van der Waals surface area contributed by atoms with E-state index < -0.39 is 0 Å². The van der Waals surface area contributed by atoms with E-state index in [-0.39, 0.29) is 0 Å². The van der Waals surface area contributed by atoms with E-state index in [9.17, 15) is 0 Å². The molecule has 0 unspecified atom stereocenters. The van der Waals surface area contributed by atoms with Gasteiger partial charge in [0, 0.05) is 12.6 Å². The molecule has 2 atom stereocenters. The fraction of sp³-hybridized carbons (Fsp3) is 1.00. The number of thiol groups is 1. The summed E-state index contributed by atoms with van der Waals surface area (Å²) in [6.45, 7) is 5.01. The number of nitrogens with zero attached hydrogens (tertiary/aromatic N) is 1. The largest absolute Gasteiger partial charge is 0.300 e. The van der Waals surface area contributed by atoms with Crippen molar-refractivity contribution in [1.29, 1.82) is 0 Å². The summed E-state index contributed by atoms with van der Waals surface area (Å²) in [5.74, 6) is 2.92. The Hall–Kier alpha value is 0.310. The van der Waals surface area contributed by atoms with E-state index in [1.807, 2.05) is 0 Å². The Kier molecular flexibility index (Phi) is 4.39. The predicted octanol–water partition coefficient (Wildman–Crippen LogP) is 3.21. The van der Waals surface area contributed by atoms with E-state index in [1.54, 1.807) is 0 Å². The van der Waals surface area contributed by atoms with Gasteiger partial charge in [0.05, 0.1) is 0 Å². The molecule has 0 amide bonds. The zero-order valence-corrected chi connectivity index (χ0v) is 10.9. The maximum absolute atomic E-state index is 4.55. The van der Waals surface area contributed by atoms with Gasteiger partial charge in [0.15, 0.2) is 0 Å². The molecule has 0 aromatic rings. The Labute approximate surface area is 100 Å². The second kappa shape index (κ2) is 5.58. The smallest absolute Gasteiger partial charge is 0.00954 e. The molecule has 1 saturated carbocycles. The summed E-state index contributed by atoms with van der Waals surface area (Å²) in [6.07, 6.45) is 8.57. The third-order valence-electron chi connectivity index (χ3n) is 4.41. The Bertz CT molecular complexity index is 191. The van der Waals surface area contributed by atoms with E-state index in [0.29, 0.717) is 0 Å². The van der Waals surface area contributed by atoms with E-state index in [0.717, 1.165) is 23.6 Å². The average Bonchev–Trinajstić information content (AvgIpc) is 2.18. The van der Waals surface area contributed by atoms with Crippen LogP contribution in [0.15, 0.2) is 0 Å². The molecule has 0 bridgehead atoms. The molecule has 2 fully saturated rings. The molecule has 1 aliphatic heterocycles. The van der Waals surface area contributed by atoms with Crippen LogP contribution >= 0.6 is 12.6 Å². The first-order valence-corrected chi connectivity index (χ1v) is 7.33. The van der Waals surface area contributed by atoms with Gasteiger partial charge in [-0.25, -0.2) is 0 Å². The Morgan fingerprint density at radius 2 is 2.00 bits per heavy atom. The van der Waals surface area contributed by atoms with Gasteiger partial charge in [-0.2, -0.15) is 12.6 Å². The molecule has 2 heteroatoms. The van der Waals surface area contributed by atoms with Crippen molar-refractivity contribution in [2.24, 2.45) is 11.8 Å². The SMILES string of the molecule is CCC[C@@H]1CCN(C2CCC2)C[C@H]1CS. The molecule has 1 aliphatic carbocycles. The zero-order chi connectivity index (χ0) is 10.7. The highest BCUT2D eigenvalue weighted by atomic mass is 32.1. The standard InChI is InChI=1S/C13H25NS/c1-2-4-11-7-8-14(9-12(11)10-15)13-5-3-6-13/h11-13,15H,2-10H2,1H3/t11-,12+/m1/s1. The second-order valence-corrected chi connectivity index (χ2v) is 5.72. The van der Waals surface area contributed by atoms with Gasteiger partial charge >= 0.3 is 0 Å². The van der Waals surface area contributed by atoms with Crippen molar-refractivity contribution >= 4 is 12.6 Å². The summed E-state index contributed by atoms with van der Waals surface area (Å²) in [5.41, 5.74) is 0. The molecular weight excluding hydrogens is 202 g/mol. The minimum Gasteiger partial charge on any atom is -0.300 e. The van der Waals surface area contributed by atoms with Crippen molar-refractivity contribution in [2.75, 3.05) is 18.8 Å². The molecule has 1 nitrogen and oxygen atoms in total. The lowest BCUT2D eigenvalue weighted by Gasteiger charge is -2.45. The van der Waals surface area contributed by atoms with Crippen LogP contribution in [-0.4, -0.2) is 29.8 Å². The molecule has 15 heavy (non-hydrogen) atoms. The molecule has 2 aliphatic rings. The number of piperidine rings is 1. The van der Waals surface area contributed by atoms with Crippen molar-refractivity contribution in [3.8, 4) is 0 Å². The lowest BCUT2D eigenvalue weighted by Crippen LogP contribution is -2.49. The van der Waals surface area contributed by atoms with Crippen molar-refractivity contribution in [3.05, 3.63) is 0 Å². The summed E-state index contributed by atoms with van der Waals surface area (Å²) in [7, 11) is 0. The third-order valence-corrected chi connectivity index (χ3v) is 4.88. The fourth-order valence-electron chi connectivity index (χ4n) is 3.15. The first kappa shape index (κ1) is 11.8. The van der Waals surface area contributed by atoms with Crippen molar-refractivity contribution in [2.45, 2.75) is 51.5 Å². The van der Waals surface area contributed by atoms with E-state index in [1.165, 1.54) is 51.6 Å². The van der Waals surface area contributed by atoms with Gasteiger partial charge in [0.2, 0.25) is 0 Å². The maximum Gasteiger partial charge on any atom is 0.00954 e. The minimum atomic E-state index is 0.864. The van der Waals surface area contributed by atoms with E-state index in [4.69, 9.17) is 0 Å². The molecule has 2 rings (SSSR count). The molecule has 0 aromatic carbocycles. The number of hydrogen-bond donors (Lipinski definition) is 1. The van der Waals surface area contributed by atoms with Crippen LogP contribution in [0.25, 0.3) is 0 Å². The van der Waals surface area contributed by atoms with Crippen LogP contribution < -0.4 is 0 Å². The van der Waals surface area contributed by atoms with Gasteiger partial charge in [0.25, 0.3) is 0 Å². The minimum absolute atomic E-state index is 0.864. The first-order chi connectivity index (χ1) is 7.35. The second-order valence-electron chi connectivity index (χ2n) is 5.36. The molecule has 0 aromatic heterocycles. The number of rotatable bonds is 4. The van der Waals surface area contributed by atoms with Crippen LogP contribution in [0.4, 0.5) is 0 Å². The van der Waals surface area contributed by atoms with Gasteiger partial charge in [-0.3, -0.25) is 0 Å². The van der Waals surface area contributed by atoms with E-state index >= 15 is 0 Å². The average molecular weight is 227 g/mol. The summed E-state index contributed by atoms with van der Waals surface area (Å²) in [6, 6.07) is 0.940. The summed E-state index contributed by atoms with van der Waals surface area (Å²) >= 11 is 4.55. The van der Waals surface area contributed by atoms with Gasteiger partial charge in [0.1, 0.15) is 0 Å². The van der Waals surface area contributed by atoms with Gasteiger partial charge in [-0.1, -0.05) is 26.2 Å². The molecule has 0 N–H and O–H groups in total. The topological polar surface area (TPSA) is 3.24 Å². The highest BCUT2D eigenvalue weighted by Gasteiger charge is 2.33. The van der Waals surface area contributed by atoms with Crippen LogP contribution in [-0.2, 0) is 0 Å². The van der Waals surface area contributed by atoms with Crippen molar-refractivity contribution in [1.82, 2.24) is 4.90 Å². The summed E-state index contributed by atoms with van der Waals surface area (Å²) in [4.78, 5) is 2.75. The quantitative estimate of drug-likeness (QED) is 0.722.